The summed E-state index contributed by atoms with van der Waals surface area (Å²) in [6.45, 7) is 3.08. The van der Waals surface area contributed by atoms with Crippen molar-refractivity contribution in [3.8, 4) is 0 Å². The number of aromatic nitrogens is 2. The van der Waals surface area contributed by atoms with Crippen LogP contribution in [0.15, 0.2) is 12.4 Å². The highest BCUT2D eigenvalue weighted by Crippen LogP contribution is 2.20. The molecule has 2 rings (SSSR count). The molecule has 5 heteroatoms. The Morgan fingerprint density at radius 3 is 3.11 bits per heavy atom. The lowest BCUT2D eigenvalue weighted by atomic mass is 9.94. The second kappa shape index (κ2) is 6.70. The predicted molar refractivity (Wildman–Crippen MR) is 74.8 cm³/mol. The first kappa shape index (κ1) is 14.1. The van der Waals surface area contributed by atoms with Crippen molar-refractivity contribution in [2.75, 3.05) is 26.7 Å². The number of nitrogens with one attached hydrogen (secondary N) is 1. The summed E-state index contributed by atoms with van der Waals surface area (Å²) in [6.07, 6.45) is 8.00. The topological polar surface area (TPSA) is 50.2 Å². The van der Waals surface area contributed by atoms with Crippen LogP contribution >= 0.6 is 0 Å². The highest BCUT2D eigenvalue weighted by atomic mass is 16.1. The Morgan fingerprint density at radius 1 is 1.58 bits per heavy atom. The standard InChI is InChI=1S/C14H24N4O/c1-15-14(19)5-8-18-7-3-4-12(11-18)10-13-16-6-9-17(13)2/h6,9,12H,3-5,7-8,10-11H2,1-2H3,(H,15,19)/t12-/m1/s1. The third kappa shape index (κ3) is 4.06. The molecular formula is C14H24N4O. The largest absolute Gasteiger partial charge is 0.359 e. The average molecular weight is 264 g/mol. The number of likely N-dealkylation sites (tertiary alicyclic amines) is 1. The number of rotatable bonds is 5. The van der Waals surface area contributed by atoms with E-state index in [1.54, 1.807) is 7.05 Å². The van der Waals surface area contributed by atoms with Crippen LogP contribution in [0.2, 0.25) is 0 Å². The summed E-state index contributed by atoms with van der Waals surface area (Å²) in [7, 11) is 3.75. The van der Waals surface area contributed by atoms with E-state index in [0.29, 0.717) is 12.3 Å². The Labute approximate surface area is 115 Å². The van der Waals surface area contributed by atoms with Gasteiger partial charge in [-0.05, 0) is 25.3 Å². The second-order valence-corrected chi connectivity index (χ2v) is 5.39. The lowest BCUT2D eigenvalue weighted by Gasteiger charge is -2.32. The van der Waals surface area contributed by atoms with Gasteiger partial charge in [-0.1, -0.05) is 0 Å². The minimum Gasteiger partial charge on any atom is -0.359 e. The average Bonchev–Trinajstić information content (AvgIpc) is 2.82. The Kier molecular flexibility index (Phi) is 4.96. The zero-order valence-electron chi connectivity index (χ0n) is 11.9. The number of nitrogens with zero attached hydrogens (tertiary/aromatic N) is 3. The fourth-order valence-electron chi connectivity index (χ4n) is 2.76. The number of hydrogen-bond donors (Lipinski definition) is 1. The fourth-order valence-corrected chi connectivity index (χ4v) is 2.76. The predicted octanol–water partition coefficient (Wildman–Crippen LogP) is 0.811. The fraction of sp³-hybridized carbons (Fsp3) is 0.714. The summed E-state index contributed by atoms with van der Waals surface area (Å²) in [5, 5.41) is 2.68. The van der Waals surface area contributed by atoms with Crippen LogP contribution < -0.4 is 5.32 Å². The smallest absolute Gasteiger partial charge is 0.221 e. The van der Waals surface area contributed by atoms with Gasteiger partial charge in [0, 0.05) is 52.4 Å². The number of imidazole rings is 1. The third-order valence-electron chi connectivity index (χ3n) is 3.93. The van der Waals surface area contributed by atoms with Crippen molar-refractivity contribution >= 4 is 5.91 Å². The molecule has 0 saturated carbocycles. The SMILES string of the molecule is CNC(=O)CCN1CCC[C@H](Cc2nccn2C)C1. The van der Waals surface area contributed by atoms with Gasteiger partial charge >= 0.3 is 0 Å². The van der Waals surface area contributed by atoms with Crippen LogP contribution in [0.5, 0.6) is 0 Å². The second-order valence-electron chi connectivity index (χ2n) is 5.39. The van der Waals surface area contributed by atoms with E-state index >= 15 is 0 Å². The summed E-state index contributed by atoms with van der Waals surface area (Å²) in [6, 6.07) is 0. The molecule has 1 aromatic heterocycles. The maximum absolute atomic E-state index is 11.3. The van der Waals surface area contributed by atoms with Crippen molar-refractivity contribution in [1.29, 1.82) is 0 Å². The van der Waals surface area contributed by atoms with Crippen molar-refractivity contribution in [3.05, 3.63) is 18.2 Å². The molecule has 0 radical (unpaired) electrons. The molecule has 1 atom stereocenters. The van der Waals surface area contributed by atoms with E-state index in [1.807, 2.05) is 12.4 Å². The van der Waals surface area contributed by atoms with E-state index in [9.17, 15) is 4.79 Å². The number of amides is 1. The highest BCUT2D eigenvalue weighted by Gasteiger charge is 2.21. The van der Waals surface area contributed by atoms with Crippen LogP contribution in [0, 0.1) is 5.92 Å². The highest BCUT2D eigenvalue weighted by molar-refractivity contribution is 5.75. The van der Waals surface area contributed by atoms with Crippen LogP contribution in [0.4, 0.5) is 0 Å². The third-order valence-corrected chi connectivity index (χ3v) is 3.93. The first-order valence-electron chi connectivity index (χ1n) is 7.08. The van der Waals surface area contributed by atoms with Crippen molar-refractivity contribution in [2.45, 2.75) is 25.7 Å². The lowest BCUT2D eigenvalue weighted by Crippen LogP contribution is -2.38. The van der Waals surface area contributed by atoms with Gasteiger partial charge in [0.1, 0.15) is 5.82 Å². The molecule has 0 aliphatic carbocycles. The summed E-state index contributed by atoms with van der Waals surface area (Å²) in [5.74, 6) is 1.96. The number of aryl methyl sites for hydroxylation is 1. The number of hydrogen-bond acceptors (Lipinski definition) is 3. The van der Waals surface area contributed by atoms with Crippen molar-refractivity contribution in [3.63, 3.8) is 0 Å². The van der Waals surface area contributed by atoms with Crippen molar-refractivity contribution in [1.82, 2.24) is 19.8 Å². The molecule has 1 N–H and O–H groups in total. The Bertz CT molecular complexity index is 415. The van der Waals surface area contributed by atoms with Crippen LogP contribution in [-0.4, -0.2) is 47.0 Å². The van der Waals surface area contributed by atoms with E-state index in [0.717, 1.165) is 31.9 Å². The van der Waals surface area contributed by atoms with E-state index < -0.39 is 0 Å². The van der Waals surface area contributed by atoms with Crippen LogP contribution in [0.3, 0.4) is 0 Å². The molecule has 1 aliphatic rings. The minimum absolute atomic E-state index is 0.131. The lowest BCUT2D eigenvalue weighted by molar-refractivity contribution is -0.121. The molecule has 106 valence electrons. The number of piperidine rings is 1. The molecule has 1 aromatic rings. The van der Waals surface area contributed by atoms with Gasteiger partial charge in [-0.3, -0.25) is 4.79 Å². The van der Waals surface area contributed by atoms with Gasteiger partial charge in [-0.25, -0.2) is 4.98 Å². The van der Waals surface area contributed by atoms with Crippen LogP contribution in [-0.2, 0) is 18.3 Å². The monoisotopic (exact) mass is 264 g/mol. The van der Waals surface area contributed by atoms with Gasteiger partial charge in [0.2, 0.25) is 5.91 Å². The molecule has 0 spiro atoms. The molecule has 5 nitrogen and oxygen atoms in total. The first-order chi connectivity index (χ1) is 9.19. The van der Waals surface area contributed by atoms with E-state index in [1.165, 1.54) is 12.8 Å². The molecule has 2 heterocycles. The quantitative estimate of drug-likeness (QED) is 0.856. The first-order valence-corrected chi connectivity index (χ1v) is 7.08. The maximum atomic E-state index is 11.3. The Balaban J connectivity index is 1.80. The van der Waals surface area contributed by atoms with Gasteiger partial charge in [0.15, 0.2) is 0 Å². The van der Waals surface area contributed by atoms with Crippen LogP contribution in [0.1, 0.15) is 25.1 Å². The van der Waals surface area contributed by atoms with E-state index in [2.05, 4.69) is 26.8 Å². The maximum Gasteiger partial charge on any atom is 0.221 e. The molecule has 1 saturated heterocycles. The molecular weight excluding hydrogens is 240 g/mol. The molecule has 1 amide bonds. The molecule has 1 aliphatic heterocycles. The van der Waals surface area contributed by atoms with Crippen molar-refractivity contribution in [2.24, 2.45) is 13.0 Å². The van der Waals surface area contributed by atoms with Gasteiger partial charge < -0.3 is 14.8 Å². The summed E-state index contributed by atoms with van der Waals surface area (Å²) < 4.78 is 2.10. The minimum atomic E-state index is 0.131. The normalized spacial score (nSPS) is 20.4. The summed E-state index contributed by atoms with van der Waals surface area (Å²) in [4.78, 5) is 18.1. The zero-order valence-corrected chi connectivity index (χ0v) is 11.9. The molecule has 1 fully saturated rings. The summed E-state index contributed by atoms with van der Waals surface area (Å²) >= 11 is 0. The molecule has 0 unspecified atom stereocenters. The van der Waals surface area contributed by atoms with E-state index in [-0.39, 0.29) is 5.91 Å². The Morgan fingerprint density at radius 2 is 2.42 bits per heavy atom. The molecule has 0 aromatic carbocycles. The van der Waals surface area contributed by atoms with Crippen molar-refractivity contribution < 1.29 is 4.79 Å². The van der Waals surface area contributed by atoms with Gasteiger partial charge in [0.05, 0.1) is 0 Å². The number of carbonyl (C=O) groups excluding carboxylic acids is 1. The van der Waals surface area contributed by atoms with Gasteiger partial charge in [-0.15, -0.1) is 0 Å². The zero-order chi connectivity index (χ0) is 13.7. The van der Waals surface area contributed by atoms with Gasteiger partial charge in [-0.2, -0.15) is 0 Å². The molecule has 19 heavy (non-hydrogen) atoms. The van der Waals surface area contributed by atoms with E-state index in [4.69, 9.17) is 0 Å². The van der Waals surface area contributed by atoms with Gasteiger partial charge in [0.25, 0.3) is 0 Å². The Hall–Kier alpha value is -1.36. The molecule has 0 bridgehead atoms. The number of carbonyl (C=O) groups is 1. The van der Waals surface area contributed by atoms with Crippen LogP contribution in [0.25, 0.3) is 0 Å². The summed E-state index contributed by atoms with van der Waals surface area (Å²) in [5.41, 5.74) is 0.